The van der Waals surface area contributed by atoms with Gasteiger partial charge in [0, 0.05) is 4.83 Å². The molecule has 3 unspecified atom stereocenters. The van der Waals surface area contributed by atoms with Crippen molar-refractivity contribution < 1.29 is 0 Å². The van der Waals surface area contributed by atoms with Crippen LogP contribution in [0.3, 0.4) is 0 Å². The molecule has 0 spiro atoms. The Morgan fingerprint density at radius 3 is 2.70 bits per heavy atom. The lowest BCUT2D eigenvalue weighted by atomic mass is 9.84. The summed E-state index contributed by atoms with van der Waals surface area (Å²) in [5.41, 5.74) is 0. The van der Waals surface area contributed by atoms with Gasteiger partial charge in [-0.1, -0.05) is 22.9 Å². The van der Waals surface area contributed by atoms with E-state index in [1.807, 2.05) is 0 Å². The molecule has 0 aromatic rings. The van der Waals surface area contributed by atoms with Gasteiger partial charge in [0.25, 0.3) is 0 Å². The monoisotopic (exact) mass is 201 g/mol. The van der Waals surface area contributed by atoms with Crippen LogP contribution in [0, 0.1) is 23.2 Å². The maximum absolute atomic E-state index is 8.67. The van der Waals surface area contributed by atoms with Gasteiger partial charge >= 0.3 is 0 Å². The fraction of sp³-hybridized carbons (Fsp3) is 0.875. The minimum absolute atomic E-state index is 0.260. The van der Waals surface area contributed by atoms with Crippen LogP contribution in [0.4, 0.5) is 0 Å². The molecule has 3 atom stereocenters. The van der Waals surface area contributed by atoms with Crippen molar-refractivity contribution in [2.45, 2.75) is 31.0 Å². The Morgan fingerprint density at radius 1 is 1.50 bits per heavy atom. The fourth-order valence-corrected chi connectivity index (χ4v) is 2.48. The molecule has 1 aliphatic rings. The minimum Gasteiger partial charge on any atom is -0.198 e. The van der Waals surface area contributed by atoms with E-state index in [0.717, 1.165) is 18.8 Å². The number of nitriles is 1. The second-order valence-electron chi connectivity index (χ2n) is 3.17. The van der Waals surface area contributed by atoms with E-state index in [0.29, 0.717) is 4.83 Å². The molecule has 1 saturated carbocycles. The highest BCUT2D eigenvalue weighted by atomic mass is 79.9. The summed E-state index contributed by atoms with van der Waals surface area (Å²) >= 11 is 3.53. The van der Waals surface area contributed by atoms with Crippen LogP contribution in [-0.2, 0) is 0 Å². The van der Waals surface area contributed by atoms with Gasteiger partial charge in [0.15, 0.2) is 0 Å². The summed E-state index contributed by atoms with van der Waals surface area (Å²) in [6.07, 6.45) is 3.46. The van der Waals surface area contributed by atoms with Crippen molar-refractivity contribution in [3.05, 3.63) is 0 Å². The third-order valence-corrected chi connectivity index (χ3v) is 3.21. The molecule has 10 heavy (non-hydrogen) atoms. The normalized spacial score (nSPS) is 40.7. The highest BCUT2D eigenvalue weighted by Crippen LogP contribution is 2.32. The Bertz CT molecular complexity index is 150. The van der Waals surface area contributed by atoms with Crippen LogP contribution in [0.5, 0.6) is 0 Å². The third-order valence-electron chi connectivity index (χ3n) is 2.20. The molecule has 1 rings (SSSR count). The van der Waals surface area contributed by atoms with Gasteiger partial charge in [-0.3, -0.25) is 0 Å². The van der Waals surface area contributed by atoms with Gasteiger partial charge in [0.2, 0.25) is 0 Å². The molecule has 56 valence electrons. The average molecular weight is 202 g/mol. The predicted octanol–water partition coefficient (Wildman–Crippen LogP) is 2.71. The van der Waals surface area contributed by atoms with Crippen LogP contribution in [-0.4, -0.2) is 4.83 Å². The zero-order valence-electron chi connectivity index (χ0n) is 6.18. The topological polar surface area (TPSA) is 23.8 Å². The van der Waals surface area contributed by atoms with Crippen molar-refractivity contribution in [2.75, 3.05) is 0 Å². The third kappa shape index (κ3) is 1.73. The second kappa shape index (κ2) is 3.39. The first-order chi connectivity index (χ1) is 4.74. The Morgan fingerprint density at radius 2 is 2.20 bits per heavy atom. The van der Waals surface area contributed by atoms with E-state index in [1.54, 1.807) is 0 Å². The summed E-state index contributed by atoms with van der Waals surface area (Å²) in [5, 5.41) is 8.67. The van der Waals surface area contributed by atoms with Crippen LogP contribution >= 0.6 is 15.9 Å². The lowest BCUT2D eigenvalue weighted by Crippen LogP contribution is -2.22. The van der Waals surface area contributed by atoms with E-state index in [4.69, 9.17) is 5.26 Å². The summed E-state index contributed by atoms with van der Waals surface area (Å²) in [6, 6.07) is 2.33. The molecule has 1 nitrogen and oxygen atoms in total. The molecule has 0 bridgehead atoms. The van der Waals surface area contributed by atoms with Crippen LogP contribution in [0.1, 0.15) is 26.2 Å². The molecule has 0 aliphatic heterocycles. The molecular formula is C8H12BrN. The Kier molecular flexibility index (Phi) is 2.73. The van der Waals surface area contributed by atoms with E-state index in [2.05, 4.69) is 28.9 Å². The molecule has 0 N–H and O–H groups in total. The predicted molar refractivity (Wildman–Crippen MR) is 44.8 cm³/mol. The summed E-state index contributed by atoms with van der Waals surface area (Å²) in [6.45, 7) is 2.25. The summed E-state index contributed by atoms with van der Waals surface area (Å²) in [4.78, 5) is 0.446. The Hall–Kier alpha value is -0.0300. The molecule has 0 saturated heterocycles. The zero-order chi connectivity index (χ0) is 7.56. The Labute approximate surface area is 70.5 Å². The average Bonchev–Trinajstić information content (AvgIpc) is 1.88. The molecule has 0 amide bonds. The molecule has 2 heteroatoms. The lowest BCUT2D eigenvalue weighted by molar-refractivity contribution is 0.349. The van der Waals surface area contributed by atoms with Gasteiger partial charge < -0.3 is 0 Å². The summed E-state index contributed by atoms with van der Waals surface area (Å²) < 4.78 is 0. The van der Waals surface area contributed by atoms with Gasteiger partial charge in [0.05, 0.1) is 12.0 Å². The van der Waals surface area contributed by atoms with Crippen molar-refractivity contribution in [3.8, 4) is 6.07 Å². The van der Waals surface area contributed by atoms with E-state index < -0.39 is 0 Å². The number of halogens is 1. The largest absolute Gasteiger partial charge is 0.198 e. The van der Waals surface area contributed by atoms with Crippen LogP contribution in [0.15, 0.2) is 0 Å². The van der Waals surface area contributed by atoms with Crippen molar-refractivity contribution in [1.82, 2.24) is 0 Å². The van der Waals surface area contributed by atoms with Crippen molar-refractivity contribution in [2.24, 2.45) is 11.8 Å². The number of alkyl halides is 1. The molecule has 1 aliphatic carbocycles. The van der Waals surface area contributed by atoms with Crippen molar-refractivity contribution >= 4 is 15.9 Å². The van der Waals surface area contributed by atoms with Gasteiger partial charge in [0.1, 0.15) is 0 Å². The first-order valence-corrected chi connectivity index (χ1v) is 4.69. The second-order valence-corrected chi connectivity index (χ2v) is 4.35. The van der Waals surface area contributed by atoms with Gasteiger partial charge in [-0.05, 0) is 25.2 Å². The fourth-order valence-electron chi connectivity index (χ4n) is 1.46. The summed E-state index contributed by atoms with van der Waals surface area (Å²) in [5.74, 6) is 1.06. The zero-order valence-corrected chi connectivity index (χ0v) is 7.76. The smallest absolute Gasteiger partial charge is 0.0667 e. The maximum atomic E-state index is 8.67. The maximum Gasteiger partial charge on any atom is 0.0667 e. The molecular weight excluding hydrogens is 190 g/mol. The molecule has 1 fully saturated rings. The van der Waals surface area contributed by atoms with E-state index in [-0.39, 0.29) is 5.92 Å². The Balaban J connectivity index is 2.45. The quantitative estimate of drug-likeness (QED) is 0.554. The van der Waals surface area contributed by atoms with Gasteiger partial charge in [-0.15, -0.1) is 0 Å². The van der Waals surface area contributed by atoms with Crippen molar-refractivity contribution in [3.63, 3.8) is 0 Å². The van der Waals surface area contributed by atoms with E-state index >= 15 is 0 Å². The number of hydrogen-bond acceptors (Lipinski definition) is 1. The molecule has 0 heterocycles. The van der Waals surface area contributed by atoms with E-state index in [9.17, 15) is 0 Å². The van der Waals surface area contributed by atoms with Crippen LogP contribution in [0.25, 0.3) is 0 Å². The lowest BCUT2D eigenvalue weighted by Gasteiger charge is -2.26. The van der Waals surface area contributed by atoms with Crippen LogP contribution < -0.4 is 0 Å². The van der Waals surface area contributed by atoms with E-state index in [1.165, 1.54) is 6.42 Å². The SMILES string of the molecule is CC1CCC(C#N)C(Br)C1. The molecule has 0 aromatic heterocycles. The molecule has 0 aromatic carbocycles. The number of nitrogens with zero attached hydrogens (tertiary/aromatic N) is 1. The van der Waals surface area contributed by atoms with Crippen molar-refractivity contribution in [1.29, 1.82) is 5.26 Å². The standard InChI is InChI=1S/C8H12BrN/c1-6-2-3-7(5-10)8(9)4-6/h6-8H,2-4H2,1H3. The highest BCUT2D eigenvalue weighted by molar-refractivity contribution is 9.09. The number of rotatable bonds is 0. The highest BCUT2D eigenvalue weighted by Gasteiger charge is 2.25. The van der Waals surface area contributed by atoms with Crippen LogP contribution in [0.2, 0.25) is 0 Å². The number of hydrogen-bond donors (Lipinski definition) is 0. The van der Waals surface area contributed by atoms with Gasteiger partial charge in [-0.2, -0.15) is 5.26 Å². The first kappa shape index (κ1) is 8.07. The molecule has 0 radical (unpaired) electrons. The summed E-state index contributed by atoms with van der Waals surface area (Å²) in [7, 11) is 0. The first-order valence-electron chi connectivity index (χ1n) is 3.77. The van der Waals surface area contributed by atoms with Gasteiger partial charge in [-0.25, -0.2) is 0 Å². The minimum atomic E-state index is 0.260.